The molecular weight excluding hydrogens is 254 g/mol. The first-order valence-electron chi connectivity index (χ1n) is 7.38. The number of aliphatic hydroxyl groups is 1. The summed E-state index contributed by atoms with van der Waals surface area (Å²) in [6.45, 7) is 4.56. The Morgan fingerprint density at radius 3 is 2.95 bits per heavy atom. The number of likely N-dealkylation sites (tertiary alicyclic amines) is 1. The molecule has 0 aliphatic carbocycles. The lowest BCUT2D eigenvalue weighted by atomic mass is 10.1. The Morgan fingerprint density at radius 2 is 2.20 bits per heavy atom. The number of rotatable bonds is 7. The van der Waals surface area contributed by atoms with Crippen molar-refractivity contribution in [2.24, 2.45) is 0 Å². The number of hydrogen-bond acceptors (Lipinski definition) is 4. The molecule has 4 heteroatoms. The average molecular weight is 279 g/mol. The Morgan fingerprint density at radius 1 is 1.40 bits per heavy atom. The Hall–Kier alpha value is -1.26. The highest BCUT2D eigenvalue weighted by atomic mass is 16.5. The summed E-state index contributed by atoms with van der Waals surface area (Å²) in [4.78, 5) is 2.42. The first-order chi connectivity index (χ1) is 9.69. The van der Waals surface area contributed by atoms with E-state index in [9.17, 15) is 5.11 Å². The molecule has 0 radical (unpaired) electrons. The van der Waals surface area contributed by atoms with Crippen LogP contribution in [-0.4, -0.2) is 49.0 Å². The predicted octanol–water partition coefficient (Wildman–Crippen LogP) is 2.31. The van der Waals surface area contributed by atoms with E-state index in [1.54, 1.807) is 7.11 Å². The second-order valence-corrected chi connectivity index (χ2v) is 5.44. The van der Waals surface area contributed by atoms with Crippen LogP contribution in [0, 0.1) is 0 Å². The standard InChI is InChI=1S/C16H25NO3/c1-13(18)11-14-5-4-8-17(14)9-10-20-16-7-3-6-15(12-16)19-2/h3,6-7,12-14,18H,4-5,8-11H2,1-2H3. The van der Waals surface area contributed by atoms with Gasteiger partial charge in [-0.05, 0) is 44.9 Å². The lowest BCUT2D eigenvalue weighted by Crippen LogP contribution is -2.35. The second kappa shape index (κ2) is 7.50. The lowest BCUT2D eigenvalue weighted by molar-refractivity contribution is 0.124. The molecule has 1 aliphatic heterocycles. The largest absolute Gasteiger partial charge is 0.497 e. The third-order valence-corrected chi connectivity index (χ3v) is 3.80. The van der Waals surface area contributed by atoms with E-state index in [1.165, 1.54) is 12.8 Å². The van der Waals surface area contributed by atoms with Gasteiger partial charge in [-0.1, -0.05) is 6.07 Å². The maximum absolute atomic E-state index is 9.52. The van der Waals surface area contributed by atoms with Gasteiger partial charge in [0.2, 0.25) is 0 Å². The summed E-state index contributed by atoms with van der Waals surface area (Å²) in [7, 11) is 1.66. The van der Waals surface area contributed by atoms with Gasteiger partial charge in [0.15, 0.2) is 0 Å². The molecule has 1 aliphatic rings. The van der Waals surface area contributed by atoms with E-state index < -0.39 is 0 Å². The van der Waals surface area contributed by atoms with E-state index in [0.717, 1.165) is 31.0 Å². The summed E-state index contributed by atoms with van der Waals surface area (Å²) in [5.41, 5.74) is 0. The van der Waals surface area contributed by atoms with Crippen molar-refractivity contribution < 1.29 is 14.6 Å². The number of aliphatic hydroxyl groups excluding tert-OH is 1. The summed E-state index contributed by atoms with van der Waals surface area (Å²) in [5.74, 6) is 1.66. The van der Waals surface area contributed by atoms with Crippen molar-refractivity contribution in [1.82, 2.24) is 4.90 Å². The highest BCUT2D eigenvalue weighted by molar-refractivity contribution is 5.32. The third-order valence-electron chi connectivity index (χ3n) is 3.80. The second-order valence-electron chi connectivity index (χ2n) is 5.44. The molecular formula is C16H25NO3. The smallest absolute Gasteiger partial charge is 0.123 e. The molecule has 20 heavy (non-hydrogen) atoms. The maximum Gasteiger partial charge on any atom is 0.123 e. The Bertz CT molecular complexity index is 408. The Kier molecular flexibility index (Phi) is 5.68. The van der Waals surface area contributed by atoms with Crippen molar-refractivity contribution in [3.8, 4) is 11.5 Å². The molecule has 1 N–H and O–H groups in total. The van der Waals surface area contributed by atoms with Crippen LogP contribution in [0.15, 0.2) is 24.3 Å². The zero-order chi connectivity index (χ0) is 14.4. The molecule has 2 unspecified atom stereocenters. The van der Waals surface area contributed by atoms with Crippen molar-refractivity contribution in [1.29, 1.82) is 0 Å². The van der Waals surface area contributed by atoms with Crippen LogP contribution in [0.2, 0.25) is 0 Å². The fraction of sp³-hybridized carbons (Fsp3) is 0.625. The molecule has 1 fully saturated rings. The van der Waals surface area contributed by atoms with Gasteiger partial charge >= 0.3 is 0 Å². The highest BCUT2D eigenvalue weighted by Crippen LogP contribution is 2.22. The van der Waals surface area contributed by atoms with Gasteiger partial charge in [-0.25, -0.2) is 0 Å². The average Bonchev–Trinajstić information content (AvgIpc) is 2.86. The zero-order valence-corrected chi connectivity index (χ0v) is 12.4. The first-order valence-corrected chi connectivity index (χ1v) is 7.38. The van der Waals surface area contributed by atoms with Crippen molar-refractivity contribution in [3.05, 3.63) is 24.3 Å². The van der Waals surface area contributed by atoms with Gasteiger partial charge in [0.05, 0.1) is 13.2 Å². The minimum absolute atomic E-state index is 0.222. The van der Waals surface area contributed by atoms with Gasteiger partial charge in [0.1, 0.15) is 18.1 Å². The summed E-state index contributed by atoms with van der Waals surface area (Å²) >= 11 is 0. The SMILES string of the molecule is COc1cccc(OCCN2CCCC2CC(C)O)c1. The van der Waals surface area contributed by atoms with E-state index in [2.05, 4.69) is 4.90 Å². The normalized spacial score (nSPS) is 20.9. The highest BCUT2D eigenvalue weighted by Gasteiger charge is 2.25. The summed E-state index contributed by atoms with van der Waals surface area (Å²) < 4.78 is 11.0. The van der Waals surface area contributed by atoms with Crippen LogP contribution in [0.1, 0.15) is 26.2 Å². The predicted molar refractivity (Wildman–Crippen MR) is 79.4 cm³/mol. The third kappa shape index (κ3) is 4.39. The summed E-state index contributed by atoms with van der Waals surface area (Å²) in [5, 5.41) is 9.52. The van der Waals surface area contributed by atoms with Crippen LogP contribution in [-0.2, 0) is 0 Å². The number of nitrogens with zero attached hydrogens (tertiary/aromatic N) is 1. The summed E-state index contributed by atoms with van der Waals surface area (Å²) in [6, 6.07) is 8.19. The van der Waals surface area contributed by atoms with E-state index in [1.807, 2.05) is 31.2 Å². The minimum atomic E-state index is -0.222. The van der Waals surface area contributed by atoms with Gasteiger partial charge in [0.25, 0.3) is 0 Å². The molecule has 1 heterocycles. The van der Waals surface area contributed by atoms with Crippen LogP contribution >= 0.6 is 0 Å². The number of hydrogen-bond donors (Lipinski definition) is 1. The van der Waals surface area contributed by atoms with Crippen molar-refractivity contribution in [3.63, 3.8) is 0 Å². The Balaban J connectivity index is 1.77. The van der Waals surface area contributed by atoms with Gasteiger partial charge < -0.3 is 14.6 Å². The van der Waals surface area contributed by atoms with Crippen LogP contribution in [0.5, 0.6) is 11.5 Å². The maximum atomic E-state index is 9.52. The molecule has 1 aromatic rings. The number of benzene rings is 1. The topological polar surface area (TPSA) is 41.9 Å². The van der Waals surface area contributed by atoms with E-state index >= 15 is 0 Å². The summed E-state index contributed by atoms with van der Waals surface area (Å²) in [6.07, 6.45) is 3.04. The van der Waals surface area contributed by atoms with Crippen LogP contribution in [0.25, 0.3) is 0 Å². The van der Waals surface area contributed by atoms with E-state index in [-0.39, 0.29) is 6.10 Å². The molecule has 0 bridgehead atoms. The van der Waals surface area contributed by atoms with Crippen molar-refractivity contribution >= 4 is 0 Å². The van der Waals surface area contributed by atoms with Gasteiger partial charge in [-0.3, -0.25) is 4.90 Å². The molecule has 1 aromatic carbocycles. The van der Waals surface area contributed by atoms with Gasteiger partial charge in [-0.15, -0.1) is 0 Å². The van der Waals surface area contributed by atoms with Crippen LogP contribution in [0.4, 0.5) is 0 Å². The quantitative estimate of drug-likeness (QED) is 0.831. The number of methoxy groups -OCH3 is 1. The monoisotopic (exact) mass is 279 g/mol. The zero-order valence-electron chi connectivity index (χ0n) is 12.4. The molecule has 1 saturated heterocycles. The fourth-order valence-corrected chi connectivity index (χ4v) is 2.82. The van der Waals surface area contributed by atoms with Gasteiger partial charge in [0, 0.05) is 18.7 Å². The minimum Gasteiger partial charge on any atom is -0.497 e. The molecule has 2 rings (SSSR count). The fourth-order valence-electron chi connectivity index (χ4n) is 2.82. The molecule has 112 valence electrons. The van der Waals surface area contributed by atoms with Crippen LogP contribution < -0.4 is 9.47 Å². The molecule has 4 nitrogen and oxygen atoms in total. The molecule has 0 amide bonds. The van der Waals surface area contributed by atoms with Crippen molar-refractivity contribution in [2.75, 3.05) is 26.8 Å². The molecule has 0 aromatic heterocycles. The molecule has 0 spiro atoms. The van der Waals surface area contributed by atoms with Crippen LogP contribution in [0.3, 0.4) is 0 Å². The van der Waals surface area contributed by atoms with Gasteiger partial charge in [-0.2, -0.15) is 0 Å². The Labute approximate surface area is 121 Å². The number of ether oxygens (including phenoxy) is 2. The molecule has 0 saturated carbocycles. The van der Waals surface area contributed by atoms with E-state index in [4.69, 9.17) is 9.47 Å². The van der Waals surface area contributed by atoms with Crippen molar-refractivity contribution in [2.45, 2.75) is 38.3 Å². The van der Waals surface area contributed by atoms with E-state index in [0.29, 0.717) is 12.6 Å². The first kappa shape index (κ1) is 15.1. The lowest BCUT2D eigenvalue weighted by Gasteiger charge is -2.25. The molecule has 2 atom stereocenters.